The highest BCUT2D eigenvalue weighted by atomic mass is 16.6. The normalized spacial score (nSPS) is 18.5. The lowest BCUT2D eigenvalue weighted by Crippen LogP contribution is -2.10. The average molecular weight is 208 g/mol. The number of anilines is 1. The minimum Gasteiger partial charge on any atom is -0.378 e. The second-order valence-electron chi connectivity index (χ2n) is 3.38. The number of fused-ring (bicyclic) bond motifs is 1. The highest BCUT2D eigenvalue weighted by Gasteiger charge is 2.31. The van der Waals surface area contributed by atoms with Crippen molar-refractivity contribution in [1.82, 2.24) is 0 Å². The molecular formula is C9H8N2O4. The molecule has 1 aromatic rings. The van der Waals surface area contributed by atoms with Crippen LogP contribution in [0.4, 0.5) is 11.4 Å². The van der Waals surface area contributed by atoms with Gasteiger partial charge in [-0.1, -0.05) is 0 Å². The number of nitrogens with one attached hydrogen (secondary N) is 1. The summed E-state index contributed by atoms with van der Waals surface area (Å²) in [5.74, 6) is -0.548. The van der Waals surface area contributed by atoms with Gasteiger partial charge in [0.25, 0.3) is 11.6 Å². The first-order valence-corrected chi connectivity index (χ1v) is 4.28. The third-order valence-corrected chi connectivity index (χ3v) is 2.35. The molecule has 0 radical (unpaired) electrons. The highest BCUT2D eigenvalue weighted by Crippen LogP contribution is 2.36. The van der Waals surface area contributed by atoms with E-state index in [9.17, 15) is 20.0 Å². The van der Waals surface area contributed by atoms with E-state index in [1.807, 2.05) is 0 Å². The van der Waals surface area contributed by atoms with Crippen LogP contribution < -0.4 is 5.32 Å². The van der Waals surface area contributed by atoms with Crippen LogP contribution >= 0.6 is 0 Å². The van der Waals surface area contributed by atoms with Crippen LogP contribution in [-0.4, -0.2) is 15.9 Å². The van der Waals surface area contributed by atoms with E-state index in [1.54, 1.807) is 6.92 Å². The number of carbonyl (C=O) groups excluding carboxylic acids is 1. The lowest BCUT2D eigenvalue weighted by atomic mass is 10.1. The van der Waals surface area contributed by atoms with Gasteiger partial charge in [0.2, 0.25) is 0 Å². The van der Waals surface area contributed by atoms with Crippen LogP contribution in [-0.2, 0) is 4.79 Å². The van der Waals surface area contributed by atoms with Crippen LogP contribution in [0.25, 0.3) is 0 Å². The van der Waals surface area contributed by atoms with Crippen LogP contribution in [0.2, 0.25) is 0 Å². The second kappa shape index (κ2) is 3.03. The number of rotatable bonds is 1. The highest BCUT2D eigenvalue weighted by molar-refractivity contribution is 6.02. The van der Waals surface area contributed by atoms with Gasteiger partial charge in [-0.25, -0.2) is 0 Å². The van der Waals surface area contributed by atoms with Crippen molar-refractivity contribution in [2.24, 2.45) is 0 Å². The van der Waals surface area contributed by atoms with Gasteiger partial charge >= 0.3 is 0 Å². The Bertz CT molecular complexity index is 469. The molecule has 15 heavy (non-hydrogen) atoms. The number of aryl methyl sites for hydroxylation is 1. The molecule has 1 aromatic carbocycles. The van der Waals surface area contributed by atoms with Crippen molar-refractivity contribution in [3.05, 3.63) is 33.4 Å². The quantitative estimate of drug-likeness (QED) is 0.529. The summed E-state index contributed by atoms with van der Waals surface area (Å²) in [5.41, 5.74) is 1.19. The van der Waals surface area contributed by atoms with Crippen molar-refractivity contribution in [2.45, 2.75) is 13.0 Å². The first-order chi connectivity index (χ1) is 7.00. The predicted molar refractivity (Wildman–Crippen MR) is 51.4 cm³/mol. The minimum absolute atomic E-state index is 0.123. The molecule has 0 saturated heterocycles. The number of nitrogens with zero attached hydrogens (tertiary/aromatic N) is 1. The van der Waals surface area contributed by atoms with Gasteiger partial charge < -0.3 is 10.4 Å². The molecule has 2 N–H and O–H groups in total. The fraction of sp³-hybridized carbons (Fsp3) is 0.222. The fourth-order valence-electron chi connectivity index (χ4n) is 1.62. The van der Waals surface area contributed by atoms with Gasteiger partial charge in [-0.2, -0.15) is 0 Å². The van der Waals surface area contributed by atoms with E-state index < -0.39 is 16.9 Å². The smallest absolute Gasteiger partial charge is 0.270 e. The van der Waals surface area contributed by atoms with Crippen molar-refractivity contribution in [3.8, 4) is 0 Å². The summed E-state index contributed by atoms with van der Waals surface area (Å²) in [7, 11) is 0. The van der Waals surface area contributed by atoms with Gasteiger partial charge in [0.05, 0.1) is 10.6 Å². The molecule has 1 unspecified atom stereocenters. The summed E-state index contributed by atoms with van der Waals surface area (Å²) in [5, 5.41) is 22.5. The molecule has 0 aromatic heterocycles. The number of aliphatic hydroxyl groups excluding tert-OH is 1. The van der Waals surface area contributed by atoms with E-state index in [1.165, 1.54) is 12.1 Å². The standard InChI is InChI=1S/C9H8N2O4/c1-4-2-5(11(14)15)3-6-7(4)10-9(13)8(6)12/h2-3,8,12H,1H3,(H,10,13). The van der Waals surface area contributed by atoms with Crippen LogP contribution in [0.5, 0.6) is 0 Å². The number of amides is 1. The molecule has 1 heterocycles. The number of carbonyl (C=O) groups is 1. The molecule has 78 valence electrons. The Morgan fingerprint density at radius 2 is 2.20 bits per heavy atom. The average Bonchev–Trinajstić information content (AvgIpc) is 2.45. The molecule has 6 heteroatoms. The van der Waals surface area contributed by atoms with Crippen LogP contribution in [0.3, 0.4) is 0 Å². The summed E-state index contributed by atoms with van der Waals surface area (Å²) in [6.07, 6.45) is -1.31. The minimum atomic E-state index is -1.31. The number of nitro benzene ring substituents is 1. The third kappa shape index (κ3) is 1.35. The SMILES string of the molecule is Cc1cc([N+](=O)[O-])cc2c1NC(=O)C2O. The molecule has 1 atom stereocenters. The summed E-state index contributed by atoms with van der Waals surface area (Å²) in [6, 6.07) is 2.57. The number of benzene rings is 1. The maximum absolute atomic E-state index is 11.1. The summed E-state index contributed by atoms with van der Waals surface area (Å²) in [4.78, 5) is 21.1. The monoisotopic (exact) mass is 208 g/mol. The molecule has 1 amide bonds. The molecule has 0 saturated carbocycles. The lowest BCUT2D eigenvalue weighted by molar-refractivity contribution is -0.385. The molecule has 0 spiro atoms. The summed E-state index contributed by atoms with van der Waals surface area (Å²) in [6.45, 7) is 1.64. The topological polar surface area (TPSA) is 92.5 Å². The van der Waals surface area contributed by atoms with E-state index in [0.717, 1.165) is 0 Å². The van der Waals surface area contributed by atoms with Crippen molar-refractivity contribution in [2.75, 3.05) is 5.32 Å². The number of nitro groups is 1. The number of non-ortho nitro benzene ring substituents is 1. The molecule has 0 aliphatic carbocycles. The van der Waals surface area contributed by atoms with Crippen LogP contribution in [0.1, 0.15) is 17.2 Å². The van der Waals surface area contributed by atoms with Gasteiger partial charge in [0, 0.05) is 17.7 Å². The third-order valence-electron chi connectivity index (χ3n) is 2.35. The van der Waals surface area contributed by atoms with E-state index in [2.05, 4.69) is 5.32 Å². The van der Waals surface area contributed by atoms with Crippen molar-refractivity contribution in [3.63, 3.8) is 0 Å². The summed E-state index contributed by atoms with van der Waals surface area (Å²) >= 11 is 0. The Balaban J connectivity index is 2.62. The van der Waals surface area contributed by atoms with Crippen molar-refractivity contribution >= 4 is 17.3 Å². The molecular weight excluding hydrogens is 200 g/mol. The number of hydrogen-bond acceptors (Lipinski definition) is 4. The van der Waals surface area contributed by atoms with Gasteiger partial charge in [-0.15, -0.1) is 0 Å². The molecule has 1 aliphatic rings. The predicted octanol–water partition coefficient (Wildman–Crippen LogP) is 0.889. The van der Waals surface area contributed by atoms with E-state index in [0.29, 0.717) is 11.3 Å². The second-order valence-corrected chi connectivity index (χ2v) is 3.38. The molecule has 2 rings (SSSR count). The lowest BCUT2D eigenvalue weighted by Gasteiger charge is -2.03. The zero-order valence-electron chi connectivity index (χ0n) is 7.85. The Morgan fingerprint density at radius 1 is 1.53 bits per heavy atom. The number of hydrogen-bond donors (Lipinski definition) is 2. The van der Waals surface area contributed by atoms with E-state index in [4.69, 9.17) is 0 Å². The van der Waals surface area contributed by atoms with Gasteiger partial charge in [0.15, 0.2) is 6.10 Å². The Kier molecular flexibility index (Phi) is 1.94. The van der Waals surface area contributed by atoms with E-state index in [-0.39, 0.29) is 11.3 Å². The van der Waals surface area contributed by atoms with Crippen LogP contribution in [0.15, 0.2) is 12.1 Å². The number of aliphatic hydroxyl groups is 1. The molecule has 0 bridgehead atoms. The van der Waals surface area contributed by atoms with Crippen molar-refractivity contribution in [1.29, 1.82) is 0 Å². The maximum atomic E-state index is 11.1. The first kappa shape index (κ1) is 9.60. The van der Waals surface area contributed by atoms with Gasteiger partial charge in [0.1, 0.15) is 0 Å². The van der Waals surface area contributed by atoms with Gasteiger partial charge in [-0.3, -0.25) is 14.9 Å². The summed E-state index contributed by atoms with van der Waals surface area (Å²) < 4.78 is 0. The van der Waals surface area contributed by atoms with Crippen molar-refractivity contribution < 1.29 is 14.8 Å². The van der Waals surface area contributed by atoms with Crippen LogP contribution in [0, 0.1) is 17.0 Å². The molecule has 0 fully saturated rings. The van der Waals surface area contributed by atoms with Gasteiger partial charge in [-0.05, 0) is 12.5 Å². The molecule has 1 aliphatic heterocycles. The zero-order chi connectivity index (χ0) is 11.2. The van der Waals surface area contributed by atoms with E-state index >= 15 is 0 Å². The maximum Gasteiger partial charge on any atom is 0.270 e. The largest absolute Gasteiger partial charge is 0.378 e. The molecule has 6 nitrogen and oxygen atoms in total. The first-order valence-electron chi connectivity index (χ1n) is 4.28. The fourth-order valence-corrected chi connectivity index (χ4v) is 1.62. The Morgan fingerprint density at radius 3 is 2.80 bits per heavy atom. The zero-order valence-corrected chi connectivity index (χ0v) is 7.85. The Hall–Kier alpha value is -1.95. The Labute approximate surface area is 84.7 Å².